The van der Waals surface area contributed by atoms with Crippen LogP contribution in [0.3, 0.4) is 0 Å². The summed E-state index contributed by atoms with van der Waals surface area (Å²) in [6, 6.07) is 14.3. The maximum absolute atomic E-state index is 13.5. The Labute approximate surface area is 118 Å². The number of carbonyl (C=O) groups excluding carboxylic acids is 1. The molecule has 3 heteroatoms. The molecule has 0 spiro atoms. The van der Waals surface area contributed by atoms with Crippen LogP contribution in [0.1, 0.15) is 29.7 Å². The van der Waals surface area contributed by atoms with Gasteiger partial charge in [-0.3, -0.25) is 4.79 Å². The molecule has 1 amide bonds. The van der Waals surface area contributed by atoms with Gasteiger partial charge in [-0.25, -0.2) is 4.39 Å². The highest BCUT2D eigenvalue weighted by molar-refractivity contribution is 5.79. The van der Waals surface area contributed by atoms with Crippen molar-refractivity contribution in [3.05, 3.63) is 71.0 Å². The van der Waals surface area contributed by atoms with Crippen LogP contribution in [0.4, 0.5) is 4.39 Å². The van der Waals surface area contributed by atoms with Crippen LogP contribution in [0.15, 0.2) is 48.5 Å². The van der Waals surface area contributed by atoms with E-state index in [1.807, 2.05) is 38.1 Å². The maximum Gasteiger partial charge on any atom is 0.225 e. The van der Waals surface area contributed by atoms with Crippen molar-refractivity contribution in [2.24, 2.45) is 0 Å². The highest BCUT2D eigenvalue weighted by atomic mass is 19.1. The average Bonchev–Trinajstić information content (AvgIpc) is 2.42. The second-order valence-corrected chi connectivity index (χ2v) is 4.97. The van der Waals surface area contributed by atoms with E-state index >= 15 is 0 Å². The van der Waals surface area contributed by atoms with Gasteiger partial charge in [0.15, 0.2) is 0 Å². The summed E-state index contributed by atoms with van der Waals surface area (Å²) in [5.74, 6) is -0.520. The number of carbonyl (C=O) groups is 1. The van der Waals surface area contributed by atoms with Crippen LogP contribution in [0.2, 0.25) is 0 Å². The Balaban J connectivity index is 1.98. The van der Waals surface area contributed by atoms with Gasteiger partial charge < -0.3 is 5.32 Å². The predicted molar refractivity (Wildman–Crippen MR) is 77.8 cm³/mol. The van der Waals surface area contributed by atoms with E-state index in [1.165, 1.54) is 11.6 Å². The van der Waals surface area contributed by atoms with Gasteiger partial charge in [-0.15, -0.1) is 0 Å². The van der Waals surface area contributed by atoms with E-state index in [4.69, 9.17) is 0 Å². The minimum atomic E-state index is -0.342. The molecule has 0 saturated heterocycles. The van der Waals surface area contributed by atoms with E-state index in [0.29, 0.717) is 5.56 Å². The van der Waals surface area contributed by atoms with Crippen LogP contribution < -0.4 is 5.32 Å². The van der Waals surface area contributed by atoms with E-state index < -0.39 is 0 Å². The molecular weight excluding hydrogens is 253 g/mol. The topological polar surface area (TPSA) is 29.1 Å². The Morgan fingerprint density at radius 2 is 1.80 bits per heavy atom. The quantitative estimate of drug-likeness (QED) is 0.905. The maximum atomic E-state index is 13.5. The van der Waals surface area contributed by atoms with Crippen molar-refractivity contribution < 1.29 is 9.18 Å². The number of halogens is 1. The normalized spacial score (nSPS) is 11.9. The zero-order valence-electron chi connectivity index (χ0n) is 11.7. The standard InChI is InChI=1S/C17H18FNO/c1-12-7-9-14(10-8-12)13(2)19-17(20)11-15-5-3-4-6-16(15)18/h3-10,13H,11H2,1-2H3,(H,19,20)/t13-/m1/s1. The summed E-state index contributed by atoms with van der Waals surface area (Å²) in [6.07, 6.45) is 0.0584. The van der Waals surface area contributed by atoms with Crippen molar-refractivity contribution in [2.75, 3.05) is 0 Å². The molecule has 0 radical (unpaired) electrons. The Morgan fingerprint density at radius 1 is 1.15 bits per heavy atom. The lowest BCUT2D eigenvalue weighted by Gasteiger charge is -2.14. The summed E-state index contributed by atoms with van der Waals surface area (Å²) in [6.45, 7) is 3.94. The molecule has 0 heterocycles. The van der Waals surface area contributed by atoms with Crippen LogP contribution in [-0.4, -0.2) is 5.91 Å². The molecule has 2 rings (SSSR count). The van der Waals surface area contributed by atoms with Crippen molar-refractivity contribution in [3.8, 4) is 0 Å². The zero-order chi connectivity index (χ0) is 14.5. The molecule has 0 saturated carbocycles. The molecule has 104 valence electrons. The first-order chi connectivity index (χ1) is 9.56. The first-order valence-corrected chi connectivity index (χ1v) is 6.65. The molecule has 0 aliphatic rings. The molecule has 1 atom stereocenters. The van der Waals surface area contributed by atoms with Gasteiger partial charge in [0.1, 0.15) is 5.82 Å². The third kappa shape index (κ3) is 3.67. The second-order valence-electron chi connectivity index (χ2n) is 4.97. The Hall–Kier alpha value is -2.16. The number of benzene rings is 2. The molecular formula is C17H18FNO. The molecule has 20 heavy (non-hydrogen) atoms. The van der Waals surface area contributed by atoms with Crippen molar-refractivity contribution in [3.63, 3.8) is 0 Å². The van der Waals surface area contributed by atoms with E-state index in [1.54, 1.807) is 18.2 Å². The number of amides is 1. The molecule has 1 N–H and O–H groups in total. The predicted octanol–water partition coefficient (Wildman–Crippen LogP) is 3.55. The van der Waals surface area contributed by atoms with Gasteiger partial charge in [-0.1, -0.05) is 48.0 Å². The Kier molecular flexibility index (Phi) is 4.51. The summed E-state index contributed by atoms with van der Waals surface area (Å²) in [5.41, 5.74) is 2.64. The van der Waals surface area contributed by atoms with Crippen LogP contribution in [0.5, 0.6) is 0 Å². The molecule has 0 aromatic heterocycles. The smallest absolute Gasteiger partial charge is 0.225 e. The van der Waals surface area contributed by atoms with Crippen LogP contribution in [0.25, 0.3) is 0 Å². The van der Waals surface area contributed by atoms with Gasteiger partial charge in [0, 0.05) is 0 Å². The number of hydrogen-bond donors (Lipinski definition) is 1. The Bertz CT molecular complexity index is 592. The van der Waals surface area contributed by atoms with Gasteiger partial charge in [0.05, 0.1) is 12.5 Å². The number of nitrogens with one attached hydrogen (secondary N) is 1. The average molecular weight is 271 g/mol. The first kappa shape index (κ1) is 14.3. The molecule has 0 bridgehead atoms. The molecule has 0 aliphatic carbocycles. The highest BCUT2D eigenvalue weighted by Gasteiger charge is 2.11. The van der Waals surface area contributed by atoms with Crippen molar-refractivity contribution in [2.45, 2.75) is 26.3 Å². The minimum absolute atomic E-state index is 0.0584. The van der Waals surface area contributed by atoms with Crippen molar-refractivity contribution in [1.82, 2.24) is 5.32 Å². The first-order valence-electron chi connectivity index (χ1n) is 6.65. The highest BCUT2D eigenvalue weighted by Crippen LogP contribution is 2.14. The fourth-order valence-corrected chi connectivity index (χ4v) is 2.05. The van der Waals surface area contributed by atoms with Gasteiger partial charge >= 0.3 is 0 Å². The summed E-state index contributed by atoms with van der Waals surface area (Å²) in [7, 11) is 0. The summed E-state index contributed by atoms with van der Waals surface area (Å²) in [5, 5.41) is 2.89. The second kappa shape index (κ2) is 6.33. The summed E-state index contributed by atoms with van der Waals surface area (Å²) < 4.78 is 13.5. The lowest BCUT2D eigenvalue weighted by atomic mass is 10.1. The fraction of sp³-hybridized carbons (Fsp3) is 0.235. The van der Waals surface area contributed by atoms with Crippen LogP contribution in [-0.2, 0) is 11.2 Å². The third-order valence-electron chi connectivity index (χ3n) is 3.26. The zero-order valence-corrected chi connectivity index (χ0v) is 11.7. The Morgan fingerprint density at radius 3 is 2.45 bits per heavy atom. The minimum Gasteiger partial charge on any atom is -0.349 e. The van der Waals surface area contributed by atoms with Crippen molar-refractivity contribution >= 4 is 5.91 Å². The molecule has 2 nitrogen and oxygen atoms in total. The van der Waals surface area contributed by atoms with Crippen LogP contribution in [0, 0.1) is 12.7 Å². The van der Waals surface area contributed by atoms with E-state index in [9.17, 15) is 9.18 Å². The molecule has 2 aromatic rings. The lowest BCUT2D eigenvalue weighted by Crippen LogP contribution is -2.28. The summed E-state index contributed by atoms with van der Waals surface area (Å²) in [4.78, 5) is 11.9. The number of rotatable bonds is 4. The fourth-order valence-electron chi connectivity index (χ4n) is 2.05. The van der Waals surface area contributed by atoms with Crippen molar-refractivity contribution in [1.29, 1.82) is 0 Å². The van der Waals surface area contributed by atoms with E-state index in [2.05, 4.69) is 5.32 Å². The van der Waals surface area contributed by atoms with Gasteiger partial charge in [0.25, 0.3) is 0 Å². The summed E-state index contributed by atoms with van der Waals surface area (Å²) >= 11 is 0. The third-order valence-corrected chi connectivity index (χ3v) is 3.26. The molecule has 2 aromatic carbocycles. The van der Waals surface area contributed by atoms with Gasteiger partial charge in [-0.2, -0.15) is 0 Å². The molecule has 0 unspecified atom stereocenters. The number of hydrogen-bond acceptors (Lipinski definition) is 1. The van der Waals surface area contributed by atoms with Gasteiger partial charge in [-0.05, 0) is 31.0 Å². The monoisotopic (exact) mass is 271 g/mol. The number of aryl methyl sites for hydroxylation is 1. The van der Waals surface area contributed by atoms with E-state index in [0.717, 1.165) is 5.56 Å². The van der Waals surface area contributed by atoms with E-state index in [-0.39, 0.29) is 24.2 Å². The molecule has 0 aliphatic heterocycles. The van der Waals surface area contributed by atoms with Gasteiger partial charge in [0.2, 0.25) is 5.91 Å². The lowest BCUT2D eigenvalue weighted by molar-refractivity contribution is -0.121. The SMILES string of the molecule is Cc1ccc([C@@H](C)NC(=O)Cc2ccccc2F)cc1. The largest absolute Gasteiger partial charge is 0.349 e. The van der Waals surface area contributed by atoms with Crippen LogP contribution >= 0.6 is 0 Å². The molecule has 0 fully saturated rings.